The first kappa shape index (κ1) is 15.2. The molecule has 0 aromatic carbocycles. The molecule has 0 spiro atoms. The summed E-state index contributed by atoms with van der Waals surface area (Å²) >= 11 is 0. The summed E-state index contributed by atoms with van der Waals surface area (Å²) in [6.07, 6.45) is 2.87. The fourth-order valence-corrected chi connectivity index (χ4v) is 1.62. The molecule has 0 aliphatic rings. The maximum absolute atomic E-state index is 11.8. The number of aryl methyl sites for hydroxylation is 1. The maximum Gasteiger partial charge on any atom is 0.341 e. The van der Waals surface area contributed by atoms with E-state index < -0.39 is 0 Å². The lowest BCUT2D eigenvalue weighted by atomic mass is 10.1. The Bertz CT molecular complexity index is 468. The van der Waals surface area contributed by atoms with Crippen molar-refractivity contribution in [2.45, 2.75) is 46.1 Å². The van der Waals surface area contributed by atoms with Gasteiger partial charge in [-0.1, -0.05) is 6.58 Å². The lowest BCUT2D eigenvalue weighted by Crippen LogP contribution is -2.12. The Morgan fingerprint density at radius 2 is 2.11 bits per heavy atom. The number of carbonyl (C=O) groups is 2. The van der Waals surface area contributed by atoms with E-state index in [1.807, 2.05) is 0 Å². The molecule has 0 fully saturated rings. The molecule has 0 saturated heterocycles. The van der Waals surface area contributed by atoms with Gasteiger partial charge in [0, 0.05) is 12.8 Å². The van der Waals surface area contributed by atoms with Gasteiger partial charge in [0.1, 0.15) is 11.3 Å². The minimum Gasteiger partial charge on any atom is -0.468 e. The second-order valence-corrected chi connectivity index (χ2v) is 4.77. The highest BCUT2D eigenvalue weighted by molar-refractivity contribution is 5.94. The Labute approximate surface area is 113 Å². The Hall–Kier alpha value is -1.84. The van der Waals surface area contributed by atoms with Crippen LogP contribution in [0.1, 0.15) is 49.7 Å². The first-order valence-electron chi connectivity index (χ1n) is 6.38. The zero-order valence-corrected chi connectivity index (χ0v) is 11.7. The lowest BCUT2D eigenvalue weighted by Gasteiger charge is -2.07. The minimum atomic E-state index is -0.384. The molecule has 0 N–H and O–H groups in total. The van der Waals surface area contributed by atoms with E-state index in [9.17, 15) is 9.59 Å². The summed E-state index contributed by atoms with van der Waals surface area (Å²) in [6, 6.07) is 1.60. The molecule has 0 aliphatic carbocycles. The van der Waals surface area contributed by atoms with Gasteiger partial charge in [-0.15, -0.1) is 0 Å². The molecule has 104 valence electrons. The van der Waals surface area contributed by atoms with Crippen LogP contribution < -0.4 is 0 Å². The second kappa shape index (κ2) is 6.92. The standard InChI is InChI=1S/C15H20O4/c1-10(2)13(16)6-5-7-14-12(8-9-18-14)15(17)19-11(3)4/h8-9,11H,1,5-7H2,2-4H3. The third kappa shape index (κ3) is 4.73. The average Bonchev–Trinajstić information content (AvgIpc) is 2.76. The van der Waals surface area contributed by atoms with Gasteiger partial charge >= 0.3 is 5.97 Å². The molecule has 1 aromatic rings. The number of Topliss-reactive ketones (excluding diaryl/α,β-unsaturated/α-hetero) is 1. The summed E-state index contributed by atoms with van der Waals surface area (Å²) in [6.45, 7) is 8.89. The summed E-state index contributed by atoms with van der Waals surface area (Å²) in [7, 11) is 0. The number of ketones is 1. The smallest absolute Gasteiger partial charge is 0.341 e. The molecule has 0 aliphatic heterocycles. The van der Waals surface area contributed by atoms with Crippen LogP contribution in [0.3, 0.4) is 0 Å². The van der Waals surface area contributed by atoms with E-state index in [0.717, 1.165) is 0 Å². The normalized spacial score (nSPS) is 10.5. The minimum absolute atomic E-state index is 0.0397. The van der Waals surface area contributed by atoms with E-state index in [1.165, 1.54) is 6.26 Å². The number of ether oxygens (including phenoxy) is 1. The van der Waals surface area contributed by atoms with Gasteiger partial charge in [0.05, 0.1) is 12.4 Å². The van der Waals surface area contributed by atoms with E-state index in [-0.39, 0.29) is 17.9 Å². The molecule has 0 atom stereocenters. The molecule has 1 heterocycles. The first-order chi connectivity index (χ1) is 8.91. The van der Waals surface area contributed by atoms with Gasteiger partial charge in [0.2, 0.25) is 0 Å². The third-order valence-corrected chi connectivity index (χ3v) is 2.59. The summed E-state index contributed by atoms with van der Waals surface area (Å²) in [5.74, 6) is 0.225. The molecule has 1 aromatic heterocycles. The molecule has 0 amide bonds. The number of hydrogen-bond acceptors (Lipinski definition) is 4. The quantitative estimate of drug-likeness (QED) is 0.560. The fraction of sp³-hybridized carbons (Fsp3) is 0.467. The second-order valence-electron chi connectivity index (χ2n) is 4.77. The van der Waals surface area contributed by atoms with Gasteiger partial charge in [0.25, 0.3) is 0 Å². The van der Waals surface area contributed by atoms with Crippen molar-refractivity contribution in [2.24, 2.45) is 0 Å². The van der Waals surface area contributed by atoms with Gasteiger partial charge in [-0.25, -0.2) is 4.79 Å². The first-order valence-corrected chi connectivity index (χ1v) is 6.38. The Morgan fingerprint density at radius 3 is 2.68 bits per heavy atom. The van der Waals surface area contributed by atoms with E-state index in [1.54, 1.807) is 26.8 Å². The van der Waals surface area contributed by atoms with E-state index in [4.69, 9.17) is 9.15 Å². The fourth-order valence-electron chi connectivity index (χ4n) is 1.62. The van der Waals surface area contributed by atoms with Crippen molar-refractivity contribution >= 4 is 11.8 Å². The Morgan fingerprint density at radius 1 is 1.42 bits per heavy atom. The lowest BCUT2D eigenvalue weighted by molar-refractivity contribution is -0.115. The van der Waals surface area contributed by atoms with Crippen LogP contribution >= 0.6 is 0 Å². The van der Waals surface area contributed by atoms with Crippen LogP contribution in [0.2, 0.25) is 0 Å². The number of hydrogen-bond donors (Lipinski definition) is 0. The van der Waals surface area contributed by atoms with Crippen molar-refractivity contribution in [1.29, 1.82) is 0 Å². The van der Waals surface area contributed by atoms with Gasteiger partial charge in [0.15, 0.2) is 5.78 Å². The molecule has 0 saturated carbocycles. The monoisotopic (exact) mass is 264 g/mol. The number of carbonyl (C=O) groups excluding carboxylic acids is 2. The van der Waals surface area contributed by atoms with Crippen molar-refractivity contribution < 1.29 is 18.7 Å². The highest BCUT2D eigenvalue weighted by Gasteiger charge is 2.17. The van der Waals surface area contributed by atoms with Crippen LogP contribution in [-0.2, 0) is 16.0 Å². The van der Waals surface area contributed by atoms with Crippen LogP contribution in [0.5, 0.6) is 0 Å². The average molecular weight is 264 g/mol. The topological polar surface area (TPSA) is 56.5 Å². The van der Waals surface area contributed by atoms with E-state index in [0.29, 0.717) is 36.2 Å². The van der Waals surface area contributed by atoms with Crippen LogP contribution in [0, 0.1) is 0 Å². The largest absolute Gasteiger partial charge is 0.468 e. The van der Waals surface area contributed by atoms with Crippen LogP contribution in [0.15, 0.2) is 28.9 Å². The molecule has 1 rings (SSSR count). The van der Waals surface area contributed by atoms with Gasteiger partial charge in [-0.3, -0.25) is 4.79 Å². The predicted octanol–water partition coefficient (Wildman–Crippen LogP) is 3.31. The van der Waals surface area contributed by atoms with Gasteiger partial charge in [-0.2, -0.15) is 0 Å². The van der Waals surface area contributed by atoms with Crippen molar-refractivity contribution in [2.75, 3.05) is 0 Å². The number of esters is 1. The number of rotatable bonds is 7. The van der Waals surface area contributed by atoms with E-state index in [2.05, 4.69) is 6.58 Å². The van der Waals surface area contributed by atoms with Crippen molar-refractivity contribution in [3.05, 3.63) is 35.8 Å². The van der Waals surface area contributed by atoms with Crippen molar-refractivity contribution in [1.82, 2.24) is 0 Å². The molecule has 0 unspecified atom stereocenters. The summed E-state index contributed by atoms with van der Waals surface area (Å²) in [4.78, 5) is 23.2. The molecular weight excluding hydrogens is 244 g/mol. The highest BCUT2D eigenvalue weighted by Crippen LogP contribution is 2.16. The number of allylic oxidation sites excluding steroid dienone is 1. The van der Waals surface area contributed by atoms with Crippen molar-refractivity contribution in [3.8, 4) is 0 Å². The van der Waals surface area contributed by atoms with E-state index >= 15 is 0 Å². The Balaban J connectivity index is 2.56. The summed E-state index contributed by atoms with van der Waals surface area (Å²) in [5.41, 5.74) is 0.996. The molecular formula is C15H20O4. The SMILES string of the molecule is C=C(C)C(=O)CCCc1occc1C(=O)OC(C)C. The summed E-state index contributed by atoms with van der Waals surface area (Å²) in [5, 5.41) is 0. The third-order valence-electron chi connectivity index (χ3n) is 2.59. The van der Waals surface area contributed by atoms with Crippen molar-refractivity contribution in [3.63, 3.8) is 0 Å². The zero-order valence-electron chi connectivity index (χ0n) is 11.7. The van der Waals surface area contributed by atoms with Crippen LogP contribution in [0.25, 0.3) is 0 Å². The van der Waals surface area contributed by atoms with Gasteiger partial charge in [-0.05, 0) is 38.8 Å². The predicted molar refractivity (Wildman–Crippen MR) is 72.0 cm³/mol. The molecule has 0 bridgehead atoms. The molecule has 0 radical (unpaired) electrons. The summed E-state index contributed by atoms with van der Waals surface area (Å²) < 4.78 is 10.4. The molecule has 4 heteroatoms. The molecule has 19 heavy (non-hydrogen) atoms. The Kier molecular flexibility index (Phi) is 5.55. The zero-order chi connectivity index (χ0) is 14.4. The number of furan rings is 1. The maximum atomic E-state index is 11.8. The van der Waals surface area contributed by atoms with Gasteiger partial charge < -0.3 is 9.15 Å². The van der Waals surface area contributed by atoms with Crippen LogP contribution in [0.4, 0.5) is 0 Å². The molecule has 4 nitrogen and oxygen atoms in total. The highest BCUT2D eigenvalue weighted by atomic mass is 16.5. The van der Waals surface area contributed by atoms with Crippen LogP contribution in [-0.4, -0.2) is 17.9 Å².